The van der Waals surface area contributed by atoms with Gasteiger partial charge in [0.15, 0.2) is 6.29 Å². The Bertz CT molecular complexity index is 620. The van der Waals surface area contributed by atoms with E-state index in [1.807, 2.05) is 0 Å². The Morgan fingerprint density at radius 1 is 1.35 bits per heavy atom. The van der Waals surface area contributed by atoms with Gasteiger partial charge < -0.3 is 14.4 Å². The van der Waals surface area contributed by atoms with E-state index in [1.54, 1.807) is 31.7 Å². The highest BCUT2D eigenvalue weighted by atomic mass is 32.1. The molecule has 0 atom stereocenters. The van der Waals surface area contributed by atoms with Crippen molar-refractivity contribution in [3.05, 3.63) is 10.9 Å². The minimum atomic E-state index is -0.600. The van der Waals surface area contributed by atoms with Crippen molar-refractivity contribution >= 4 is 34.6 Å². The molecule has 2 rings (SSSR count). The average molecular weight is 340 g/mol. The predicted octanol–water partition coefficient (Wildman–Crippen LogP) is 2.15. The maximum absolute atomic E-state index is 12.3. The van der Waals surface area contributed by atoms with Crippen LogP contribution in [0.5, 0.6) is 5.75 Å². The second-order valence-electron chi connectivity index (χ2n) is 6.08. The fourth-order valence-electron chi connectivity index (χ4n) is 2.14. The molecule has 7 nitrogen and oxygen atoms in total. The van der Waals surface area contributed by atoms with Crippen LogP contribution in [0.15, 0.2) is 6.07 Å². The zero-order valence-corrected chi connectivity index (χ0v) is 14.4. The monoisotopic (exact) mass is 340 g/mol. The summed E-state index contributed by atoms with van der Waals surface area (Å²) in [6, 6.07) is 1.66. The van der Waals surface area contributed by atoms with Crippen molar-refractivity contribution in [3.63, 3.8) is 0 Å². The van der Waals surface area contributed by atoms with Crippen molar-refractivity contribution in [2.75, 3.05) is 31.6 Å². The highest BCUT2D eigenvalue weighted by molar-refractivity contribution is 7.18. The number of amides is 2. The van der Waals surface area contributed by atoms with E-state index in [2.05, 4.69) is 0 Å². The Morgan fingerprint density at radius 3 is 2.52 bits per heavy atom. The number of hydrogen-bond acceptors (Lipinski definition) is 6. The molecule has 0 aliphatic carbocycles. The van der Waals surface area contributed by atoms with Crippen LogP contribution in [-0.4, -0.2) is 55.5 Å². The van der Waals surface area contributed by atoms with E-state index < -0.39 is 11.7 Å². The van der Waals surface area contributed by atoms with Crippen LogP contribution in [0.3, 0.4) is 0 Å². The van der Waals surface area contributed by atoms with Gasteiger partial charge in [0.25, 0.3) is 0 Å². The first-order valence-corrected chi connectivity index (χ1v) is 7.98. The fraction of sp³-hybridized carbons (Fsp3) is 0.533. The lowest BCUT2D eigenvalue weighted by atomic mass is 10.2. The van der Waals surface area contributed by atoms with E-state index >= 15 is 0 Å². The summed E-state index contributed by atoms with van der Waals surface area (Å²) >= 11 is 1.19. The van der Waals surface area contributed by atoms with E-state index in [0.29, 0.717) is 35.0 Å². The van der Waals surface area contributed by atoms with Gasteiger partial charge in [0.2, 0.25) is 5.91 Å². The second-order valence-corrected chi connectivity index (χ2v) is 7.14. The third-order valence-electron chi connectivity index (χ3n) is 3.18. The van der Waals surface area contributed by atoms with Gasteiger partial charge >= 0.3 is 6.09 Å². The van der Waals surface area contributed by atoms with Gasteiger partial charge in [-0.2, -0.15) is 0 Å². The van der Waals surface area contributed by atoms with Gasteiger partial charge in [-0.05, 0) is 20.8 Å². The van der Waals surface area contributed by atoms with E-state index in [0.717, 1.165) is 0 Å². The molecule has 2 heterocycles. The molecular weight excluding hydrogens is 320 g/mol. The maximum Gasteiger partial charge on any atom is 0.410 e. The molecule has 0 bridgehead atoms. The van der Waals surface area contributed by atoms with Crippen molar-refractivity contribution in [2.24, 2.45) is 0 Å². The summed E-state index contributed by atoms with van der Waals surface area (Å²) in [5.41, 5.74) is -0.600. The number of hydrogen-bond donors (Lipinski definition) is 0. The Morgan fingerprint density at radius 2 is 2.04 bits per heavy atom. The van der Waals surface area contributed by atoms with Gasteiger partial charge in [-0.1, -0.05) is 0 Å². The minimum absolute atomic E-state index is 0.0500. The Balaban J connectivity index is 2.07. The molecule has 1 aromatic heterocycles. The molecule has 0 N–H and O–H groups in total. The lowest BCUT2D eigenvalue weighted by molar-refractivity contribution is -0.121. The van der Waals surface area contributed by atoms with Crippen LogP contribution >= 0.6 is 11.3 Å². The van der Waals surface area contributed by atoms with Gasteiger partial charge in [-0.15, -0.1) is 11.3 Å². The summed E-state index contributed by atoms with van der Waals surface area (Å²) in [6.45, 7) is 6.01. The van der Waals surface area contributed by atoms with Crippen molar-refractivity contribution in [1.29, 1.82) is 0 Å². The lowest BCUT2D eigenvalue weighted by Crippen LogP contribution is -2.53. The first kappa shape index (κ1) is 17.3. The summed E-state index contributed by atoms with van der Waals surface area (Å²) in [4.78, 5) is 38.7. The number of thiophene rings is 1. The standard InChI is InChI=1S/C15H20N2O5S/c1-15(2,3)22-14(20)16-5-6-17(12(19)8-16)13-7-10(21-4)11(9-18)23-13/h7,9H,5-6,8H2,1-4H3. The van der Waals surface area contributed by atoms with E-state index in [-0.39, 0.29) is 12.5 Å². The van der Waals surface area contributed by atoms with Gasteiger partial charge in [-0.3, -0.25) is 14.5 Å². The average Bonchev–Trinajstić information content (AvgIpc) is 2.88. The zero-order chi connectivity index (χ0) is 17.2. The summed E-state index contributed by atoms with van der Waals surface area (Å²) < 4.78 is 10.4. The number of carbonyl (C=O) groups excluding carboxylic acids is 3. The maximum atomic E-state index is 12.3. The highest BCUT2D eigenvalue weighted by Gasteiger charge is 2.32. The predicted molar refractivity (Wildman–Crippen MR) is 86.4 cm³/mol. The van der Waals surface area contributed by atoms with Gasteiger partial charge in [0.1, 0.15) is 27.8 Å². The van der Waals surface area contributed by atoms with Gasteiger partial charge in [0, 0.05) is 19.2 Å². The van der Waals surface area contributed by atoms with Crippen LogP contribution in [0, 0.1) is 0 Å². The van der Waals surface area contributed by atoms with Crippen molar-refractivity contribution in [2.45, 2.75) is 26.4 Å². The first-order valence-electron chi connectivity index (χ1n) is 7.16. The number of rotatable bonds is 3. The molecule has 1 aliphatic rings. The van der Waals surface area contributed by atoms with Crippen LogP contribution in [0.1, 0.15) is 30.4 Å². The Labute approximate surface area is 138 Å². The zero-order valence-electron chi connectivity index (χ0n) is 13.6. The molecule has 1 fully saturated rings. The number of methoxy groups -OCH3 is 1. The van der Waals surface area contributed by atoms with Crippen LogP contribution in [-0.2, 0) is 9.53 Å². The highest BCUT2D eigenvalue weighted by Crippen LogP contribution is 2.35. The van der Waals surface area contributed by atoms with Crippen molar-refractivity contribution in [3.8, 4) is 5.75 Å². The van der Waals surface area contributed by atoms with Gasteiger partial charge in [-0.25, -0.2) is 4.79 Å². The first-order chi connectivity index (χ1) is 10.7. The summed E-state index contributed by atoms with van der Waals surface area (Å²) in [6.07, 6.45) is 0.205. The van der Waals surface area contributed by atoms with Crippen molar-refractivity contribution in [1.82, 2.24) is 4.90 Å². The molecule has 1 aliphatic heterocycles. The number of ether oxygens (including phenoxy) is 2. The molecule has 2 amide bonds. The molecule has 126 valence electrons. The second kappa shape index (κ2) is 6.57. The minimum Gasteiger partial charge on any atom is -0.495 e. The molecular formula is C15H20N2O5S. The molecule has 0 aromatic carbocycles. The number of piperazine rings is 1. The van der Waals surface area contributed by atoms with E-state index in [4.69, 9.17) is 9.47 Å². The van der Waals surface area contributed by atoms with E-state index in [9.17, 15) is 14.4 Å². The third-order valence-corrected chi connectivity index (χ3v) is 4.24. The number of anilines is 1. The van der Waals surface area contributed by atoms with Crippen LogP contribution in [0.25, 0.3) is 0 Å². The largest absolute Gasteiger partial charge is 0.495 e. The Hall–Kier alpha value is -2.09. The third kappa shape index (κ3) is 4.01. The smallest absolute Gasteiger partial charge is 0.410 e. The molecule has 0 spiro atoms. The normalized spacial score (nSPS) is 15.6. The molecule has 1 aromatic rings. The molecule has 23 heavy (non-hydrogen) atoms. The fourth-order valence-corrected chi connectivity index (χ4v) is 3.12. The molecule has 0 radical (unpaired) electrons. The topological polar surface area (TPSA) is 76.2 Å². The summed E-state index contributed by atoms with van der Waals surface area (Å²) in [5, 5.41) is 0.637. The lowest BCUT2D eigenvalue weighted by Gasteiger charge is -2.34. The SMILES string of the molecule is COc1cc(N2CCN(C(=O)OC(C)(C)C)CC2=O)sc1C=O. The quantitative estimate of drug-likeness (QED) is 0.788. The van der Waals surface area contributed by atoms with Crippen molar-refractivity contribution < 1.29 is 23.9 Å². The number of aldehydes is 1. The molecule has 0 unspecified atom stereocenters. The summed E-state index contributed by atoms with van der Waals surface area (Å²) in [7, 11) is 1.47. The van der Waals surface area contributed by atoms with Gasteiger partial charge in [0.05, 0.1) is 7.11 Å². The Kier molecular flexibility index (Phi) is 4.93. The van der Waals surface area contributed by atoms with Crippen LogP contribution in [0.4, 0.5) is 9.80 Å². The summed E-state index contributed by atoms with van der Waals surface area (Å²) in [5.74, 6) is 0.228. The molecule has 1 saturated heterocycles. The number of carbonyl (C=O) groups is 3. The van der Waals surface area contributed by atoms with E-state index in [1.165, 1.54) is 23.3 Å². The van der Waals surface area contributed by atoms with Crippen LogP contribution in [0.2, 0.25) is 0 Å². The number of nitrogens with zero attached hydrogens (tertiary/aromatic N) is 2. The van der Waals surface area contributed by atoms with Crippen LogP contribution < -0.4 is 9.64 Å². The molecule has 8 heteroatoms. The molecule has 0 saturated carbocycles.